The van der Waals surface area contributed by atoms with Crippen molar-refractivity contribution in [3.8, 4) is 0 Å². The lowest BCUT2D eigenvalue weighted by atomic mass is 9.87. The molecular weight excluding hydrogens is 234 g/mol. The second-order valence-electron chi connectivity index (χ2n) is 4.20. The summed E-state index contributed by atoms with van der Waals surface area (Å²) >= 11 is 1.83. The number of benzene rings is 1. The Bertz CT molecular complexity index is 554. The van der Waals surface area contributed by atoms with Gasteiger partial charge in [-0.2, -0.15) is 4.98 Å². The Morgan fingerprint density at radius 1 is 1.41 bits per heavy atom. The minimum Gasteiger partial charge on any atom is -0.340 e. The Morgan fingerprint density at radius 3 is 3.00 bits per heavy atom. The van der Waals surface area contributed by atoms with Gasteiger partial charge in [0.1, 0.15) is 5.54 Å². The van der Waals surface area contributed by atoms with Gasteiger partial charge in [-0.25, -0.2) is 0 Å². The van der Waals surface area contributed by atoms with Crippen molar-refractivity contribution in [2.45, 2.75) is 23.8 Å². The van der Waals surface area contributed by atoms with Crippen LogP contribution >= 0.6 is 11.8 Å². The molecule has 17 heavy (non-hydrogen) atoms. The minimum absolute atomic E-state index is 0.556. The molecule has 1 aliphatic heterocycles. The third kappa shape index (κ3) is 1.66. The van der Waals surface area contributed by atoms with E-state index in [1.165, 1.54) is 4.90 Å². The van der Waals surface area contributed by atoms with E-state index in [1.807, 2.05) is 30.0 Å². The average Bonchev–Trinajstić information content (AvgIpc) is 2.77. The van der Waals surface area contributed by atoms with Crippen molar-refractivity contribution in [1.29, 1.82) is 0 Å². The standard InChI is InChI=1S/C12H13N3OS/c1-8-14-11(15-16-8)12(13)6-7-17-10-5-3-2-4-9(10)12/h2-5H,6-7,13H2,1H3. The molecule has 1 aromatic carbocycles. The summed E-state index contributed by atoms with van der Waals surface area (Å²) in [6, 6.07) is 8.17. The van der Waals surface area contributed by atoms with Gasteiger partial charge in [0.15, 0.2) is 5.82 Å². The van der Waals surface area contributed by atoms with Gasteiger partial charge in [0.25, 0.3) is 0 Å². The molecule has 4 nitrogen and oxygen atoms in total. The van der Waals surface area contributed by atoms with Gasteiger partial charge in [0.2, 0.25) is 5.89 Å². The second kappa shape index (κ2) is 3.85. The van der Waals surface area contributed by atoms with E-state index in [0.29, 0.717) is 11.7 Å². The van der Waals surface area contributed by atoms with E-state index in [1.54, 1.807) is 6.92 Å². The molecule has 1 unspecified atom stereocenters. The first-order valence-electron chi connectivity index (χ1n) is 5.52. The Kier molecular flexibility index (Phi) is 2.45. The molecule has 0 radical (unpaired) electrons. The summed E-state index contributed by atoms with van der Waals surface area (Å²) in [6.45, 7) is 1.78. The van der Waals surface area contributed by atoms with Crippen molar-refractivity contribution in [3.63, 3.8) is 0 Å². The van der Waals surface area contributed by atoms with Crippen LogP contribution in [-0.2, 0) is 5.54 Å². The lowest BCUT2D eigenvalue weighted by molar-refractivity contribution is 0.367. The van der Waals surface area contributed by atoms with Crippen LogP contribution in [0.3, 0.4) is 0 Å². The molecule has 1 atom stereocenters. The minimum atomic E-state index is -0.612. The number of fused-ring (bicyclic) bond motifs is 1. The molecule has 0 aliphatic carbocycles. The van der Waals surface area contributed by atoms with Crippen molar-refractivity contribution in [2.75, 3.05) is 5.75 Å². The van der Waals surface area contributed by atoms with Gasteiger partial charge in [-0.1, -0.05) is 23.4 Å². The molecule has 1 aromatic heterocycles. The van der Waals surface area contributed by atoms with Crippen molar-refractivity contribution in [1.82, 2.24) is 10.1 Å². The molecule has 0 fully saturated rings. The Morgan fingerprint density at radius 2 is 2.24 bits per heavy atom. The topological polar surface area (TPSA) is 64.9 Å². The number of nitrogens with two attached hydrogens (primary N) is 1. The molecular formula is C12H13N3OS. The van der Waals surface area contributed by atoms with Crippen LogP contribution in [-0.4, -0.2) is 15.9 Å². The first-order chi connectivity index (χ1) is 8.20. The second-order valence-corrected chi connectivity index (χ2v) is 5.34. The molecule has 5 heteroatoms. The van der Waals surface area contributed by atoms with Gasteiger partial charge in [-0.3, -0.25) is 0 Å². The van der Waals surface area contributed by atoms with Crippen LogP contribution in [0.1, 0.15) is 23.7 Å². The molecule has 88 valence electrons. The van der Waals surface area contributed by atoms with Gasteiger partial charge in [0.05, 0.1) is 0 Å². The number of rotatable bonds is 1. The number of aromatic nitrogens is 2. The van der Waals surface area contributed by atoms with Crippen molar-refractivity contribution in [2.24, 2.45) is 5.73 Å². The Balaban J connectivity index is 2.15. The Labute approximate surface area is 104 Å². The first kappa shape index (κ1) is 10.8. The Hall–Kier alpha value is -1.33. The predicted molar refractivity (Wildman–Crippen MR) is 65.8 cm³/mol. The largest absolute Gasteiger partial charge is 0.340 e. The molecule has 2 N–H and O–H groups in total. The predicted octanol–water partition coefficient (Wildman–Crippen LogP) is 2.08. The fourth-order valence-corrected chi connectivity index (χ4v) is 3.35. The highest BCUT2D eigenvalue weighted by Gasteiger charge is 2.38. The maximum atomic E-state index is 6.51. The van der Waals surface area contributed by atoms with Gasteiger partial charge in [-0.05, 0) is 18.1 Å². The van der Waals surface area contributed by atoms with Crippen molar-refractivity contribution in [3.05, 3.63) is 41.5 Å². The van der Waals surface area contributed by atoms with Crippen molar-refractivity contribution >= 4 is 11.8 Å². The van der Waals surface area contributed by atoms with E-state index in [2.05, 4.69) is 16.2 Å². The summed E-state index contributed by atoms with van der Waals surface area (Å²) in [5.41, 5.74) is 6.99. The number of aryl methyl sites for hydroxylation is 1. The average molecular weight is 247 g/mol. The van der Waals surface area contributed by atoms with E-state index in [0.717, 1.165) is 17.7 Å². The van der Waals surface area contributed by atoms with Crippen LogP contribution in [0.15, 0.2) is 33.7 Å². The number of hydrogen-bond donors (Lipinski definition) is 1. The third-order valence-corrected chi connectivity index (χ3v) is 4.12. The molecule has 0 amide bonds. The van der Waals surface area contributed by atoms with Gasteiger partial charge in [-0.15, -0.1) is 11.8 Å². The molecule has 3 rings (SSSR count). The lowest BCUT2D eigenvalue weighted by Crippen LogP contribution is -2.41. The summed E-state index contributed by atoms with van der Waals surface area (Å²) in [7, 11) is 0. The third-order valence-electron chi connectivity index (χ3n) is 3.05. The summed E-state index contributed by atoms with van der Waals surface area (Å²) < 4.78 is 5.05. The fraction of sp³-hybridized carbons (Fsp3) is 0.333. The van der Waals surface area contributed by atoms with Crippen LogP contribution in [0.25, 0.3) is 0 Å². The molecule has 0 saturated heterocycles. The van der Waals surface area contributed by atoms with Gasteiger partial charge < -0.3 is 10.3 Å². The van der Waals surface area contributed by atoms with E-state index in [-0.39, 0.29) is 0 Å². The van der Waals surface area contributed by atoms with Gasteiger partial charge >= 0.3 is 0 Å². The number of nitrogens with zero attached hydrogens (tertiary/aromatic N) is 2. The number of thioether (sulfide) groups is 1. The van der Waals surface area contributed by atoms with Crippen LogP contribution in [0, 0.1) is 6.92 Å². The van der Waals surface area contributed by atoms with Crippen LogP contribution in [0.4, 0.5) is 0 Å². The quantitative estimate of drug-likeness (QED) is 0.835. The summed E-state index contributed by atoms with van der Waals surface area (Å²) in [4.78, 5) is 5.50. The van der Waals surface area contributed by atoms with E-state index >= 15 is 0 Å². The lowest BCUT2D eigenvalue weighted by Gasteiger charge is -2.32. The van der Waals surface area contributed by atoms with E-state index in [4.69, 9.17) is 10.3 Å². The maximum Gasteiger partial charge on any atom is 0.223 e. The van der Waals surface area contributed by atoms with Crippen molar-refractivity contribution < 1.29 is 4.52 Å². The summed E-state index contributed by atoms with van der Waals surface area (Å²) in [6.07, 6.45) is 0.827. The van der Waals surface area contributed by atoms with Gasteiger partial charge in [0, 0.05) is 17.6 Å². The molecule has 0 saturated carbocycles. The molecule has 2 aromatic rings. The van der Waals surface area contributed by atoms with E-state index in [9.17, 15) is 0 Å². The molecule has 0 spiro atoms. The highest BCUT2D eigenvalue weighted by Crippen LogP contribution is 2.41. The van der Waals surface area contributed by atoms with E-state index < -0.39 is 5.54 Å². The first-order valence-corrected chi connectivity index (χ1v) is 6.51. The monoisotopic (exact) mass is 247 g/mol. The van der Waals surface area contributed by atoms with Crippen LogP contribution in [0.5, 0.6) is 0 Å². The zero-order chi connectivity index (χ0) is 11.9. The molecule has 0 bridgehead atoms. The zero-order valence-corrected chi connectivity index (χ0v) is 10.3. The highest BCUT2D eigenvalue weighted by atomic mass is 32.2. The van der Waals surface area contributed by atoms with Crippen LogP contribution < -0.4 is 5.73 Å². The number of hydrogen-bond acceptors (Lipinski definition) is 5. The smallest absolute Gasteiger partial charge is 0.223 e. The highest BCUT2D eigenvalue weighted by molar-refractivity contribution is 7.99. The fourth-order valence-electron chi connectivity index (χ4n) is 2.13. The summed E-state index contributed by atoms with van der Waals surface area (Å²) in [5.74, 6) is 2.12. The SMILES string of the molecule is Cc1nc(C2(N)CCSc3ccccc32)no1. The normalized spacial score (nSPS) is 23.4. The zero-order valence-electron chi connectivity index (χ0n) is 9.51. The maximum absolute atomic E-state index is 6.51. The van der Waals surface area contributed by atoms with Crippen LogP contribution in [0.2, 0.25) is 0 Å². The molecule has 2 heterocycles. The summed E-state index contributed by atoms with van der Waals surface area (Å²) in [5, 5.41) is 3.99. The molecule has 1 aliphatic rings.